The lowest BCUT2D eigenvalue weighted by molar-refractivity contribution is -0.126. The Balaban J connectivity index is 1.03. The summed E-state index contributed by atoms with van der Waals surface area (Å²) in [6.45, 7) is 4.11. The number of thiophene rings is 1. The van der Waals surface area contributed by atoms with Crippen molar-refractivity contribution in [3.63, 3.8) is 0 Å². The number of rotatable bonds is 5. The van der Waals surface area contributed by atoms with E-state index >= 15 is 0 Å². The molecule has 6 rings (SSSR count). The summed E-state index contributed by atoms with van der Waals surface area (Å²) in [5, 5.41) is 4.27. The van der Waals surface area contributed by atoms with E-state index in [1.165, 1.54) is 6.33 Å². The minimum Gasteiger partial charge on any atom is -0.382 e. The molecule has 1 saturated carbocycles. The molecule has 0 radical (unpaired) electrons. The molecule has 2 aromatic heterocycles. The molecule has 4 heterocycles. The van der Waals surface area contributed by atoms with Crippen molar-refractivity contribution in [2.24, 2.45) is 5.41 Å². The van der Waals surface area contributed by atoms with E-state index in [1.807, 2.05) is 29.2 Å². The van der Waals surface area contributed by atoms with Crippen LogP contribution in [0.4, 0.5) is 24.7 Å². The first kappa shape index (κ1) is 23.5. The van der Waals surface area contributed by atoms with Gasteiger partial charge in [-0.2, -0.15) is 13.2 Å². The number of aromatic nitrogens is 2. The van der Waals surface area contributed by atoms with E-state index in [1.54, 1.807) is 6.07 Å². The summed E-state index contributed by atoms with van der Waals surface area (Å²) in [5.74, 6) is 0.768. The monoisotopic (exact) mass is 517 g/mol. The van der Waals surface area contributed by atoms with Crippen LogP contribution >= 0.6 is 11.3 Å². The van der Waals surface area contributed by atoms with Crippen molar-refractivity contribution in [1.82, 2.24) is 14.9 Å². The van der Waals surface area contributed by atoms with Crippen molar-refractivity contribution in [2.75, 3.05) is 49.6 Å². The van der Waals surface area contributed by atoms with Gasteiger partial charge in [-0.15, -0.1) is 11.3 Å². The van der Waals surface area contributed by atoms with Crippen molar-refractivity contribution in [2.45, 2.75) is 31.5 Å². The molecule has 2 saturated heterocycles. The van der Waals surface area contributed by atoms with E-state index in [9.17, 15) is 18.0 Å². The highest BCUT2D eigenvalue weighted by molar-refractivity contribution is 7.18. The van der Waals surface area contributed by atoms with Crippen LogP contribution in [0.15, 0.2) is 36.7 Å². The van der Waals surface area contributed by atoms with Crippen LogP contribution in [0.1, 0.15) is 28.1 Å². The maximum atomic E-state index is 12.8. The number of halogens is 3. The zero-order chi connectivity index (χ0) is 24.9. The summed E-state index contributed by atoms with van der Waals surface area (Å²) in [4.78, 5) is 26.0. The van der Waals surface area contributed by atoms with Gasteiger partial charge in [-0.1, -0.05) is 0 Å². The Labute approximate surface area is 210 Å². The Morgan fingerprint density at radius 2 is 1.86 bits per heavy atom. The fourth-order valence-corrected chi connectivity index (χ4v) is 6.60. The van der Waals surface area contributed by atoms with Gasteiger partial charge in [-0.3, -0.25) is 4.79 Å². The molecule has 0 unspecified atom stereocenters. The molecule has 3 fully saturated rings. The molecule has 1 amide bonds. The van der Waals surface area contributed by atoms with E-state index in [4.69, 9.17) is 4.74 Å². The molecule has 3 aromatic rings. The normalized spacial score (nSPS) is 19.9. The maximum Gasteiger partial charge on any atom is 0.393 e. The van der Waals surface area contributed by atoms with Gasteiger partial charge in [0.2, 0.25) is 0 Å². The molecule has 1 N–H and O–H groups in total. The first-order valence-electron chi connectivity index (χ1n) is 12.1. The van der Waals surface area contributed by atoms with Crippen molar-refractivity contribution in [3.8, 4) is 0 Å². The molecule has 7 nitrogen and oxygen atoms in total. The third-order valence-electron chi connectivity index (χ3n) is 7.25. The minimum absolute atomic E-state index is 0.0389. The molecule has 2 aliphatic heterocycles. The van der Waals surface area contributed by atoms with Gasteiger partial charge in [0.05, 0.1) is 25.0 Å². The van der Waals surface area contributed by atoms with E-state index in [0.717, 1.165) is 48.8 Å². The molecule has 0 bridgehead atoms. The second-order valence-corrected chi connectivity index (χ2v) is 11.1. The van der Waals surface area contributed by atoms with Gasteiger partial charge in [-0.05, 0) is 43.2 Å². The summed E-state index contributed by atoms with van der Waals surface area (Å²) in [7, 11) is 0. The largest absolute Gasteiger partial charge is 0.393 e. The van der Waals surface area contributed by atoms with Gasteiger partial charge in [0.1, 0.15) is 17.0 Å². The van der Waals surface area contributed by atoms with Gasteiger partial charge < -0.3 is 19.9 Å². The van der Waals surface area contributed by atoms with E-state index in [2.05, 4.69) is 20.2 Å². The van der Waals surface area contributed by atoms with E-state index in [-0.39, 0.29) is 16.2 Å². The van der Waals surface area contributed by atoms with Crippen LogP contribution in [0.25, 0.3) is 10.2 Å². The second-order valence-electron chi connectivity index (χ2n) is 10.0. The molecule has 0 atom stereocenters. The maximum absolute atomic E-state index is 12.8. The predicted molar refractivity (Wildman–Crippen MR) is 132 cm³/mol. The number of anilines is 2. The number of fused-ring (bicyclic) bond motifs is 1. The third-order valence-corrected chi connectivity index (χ3v) is 8.29. The van der Waals surface area contributed by atoms with Gasteiger partial charge in [0.25, 0.3) is 5.91 Å². The van der Waals surface area contributed by atoms with Crippen molar-refractivity contribution < 1.29 is 22.7 Å². The molecule has 190 valence electrons. The quantitative estimate of drug-likeness (QED) is 0.543. The Bertz CT molecular complexity index is 1260. The number of nitrogens with one attached hydrogen (secondary N) is 1. The molecular formula is C25H26F3N5O2S. The highest BCUT2D eigenvalue weighted by atomic mass is 32.1. The van der Waals surface area contributed by atoms with Gasteiger partial charge in [-0.25, -0.2) is 9.97 Å². The first-order chi connectivity index (χ1) is 17.3. The number of benzene rings is 1. The Kier molecular flexibility index (Phi) is 5.79. The average molecular weight is 518 g/mol. The van der Waals surface area contributed by atoms with Crippen LogP contribution in [0.5, 0.6) is 0 Å². The number of amides is 1. The van der Waals surface area contributed by atoms with Crippen LogP contribution in [0.3, 0.4) is 0 Å². The molecule has 1 aliphatic carbocycles. The third kappa shape index (κ3) is 4.61. The Hall–Kier alpha value is -2.92. The number of nitrogens with zero attached hydrogens (tertiary/aromatic N) is 4. The van der Waals surface area contributed by atoms with Crippen molar-refractivity contribution in [3.05, 3.63) is 47.1 Å². The molecule has 36 heavy (non-hydrogen) atoms. The van der Waals surface area contributed by atoms with Crippen LogP contribution in [0, 0.1) is 5.41 Å². The first-order valence-corrected chi connectivity index (χ1v) is 12.9. The molecule has 11 heteroatoms. The highest BCUT2D eigenvalue weighted by Gasteiger charge is 2.53. The smallest absolute Gasteiger partial charge is 0.382 e. The topological polar surface area (TPSA) is 70.6 Å². The van der Waals surface area contributed by atoms with Gasteiger partial charge in [0.15, 0.2) is 0 Å². The van der Waals surface area contributed by atoms with E-state index in [0.29, 0.717) is 48.1 Å². The van der Waals surface area contributed by atoms with Crippen molar-refractivity contribution in [1.29, 1.82) is 0 Å². The average Bonchev–Trinajstić information content (AvgIpc) is 3.21. The number of alkyl halides is 3. The fourth-order valence-electron chi connectivity index (χ4n) is 5.58. The lowest BCUT2D eigenvalue weighted by Crippen LogP contribution is -2.65. The molecular weight excluding hydrogens is 491 g/mol. The van der Waals surface area contributed by atoms with Crippen LogP contribution in [0.2, 0.25) is 0 Å². The minimum atomic E-state index is -4.23. The van der Waals surface area contributed by atoms with Crippen molar-refractivity contribution >= 4 is 39.0 Å². The summed E-state index contributed by atoms with van der Waals surface area (Å²) in [6, 6.07) is 9.60. The fraction of sp³-hybridized carbons (Fsp3) is 0.480. The lowest BCUT2D eigenvalue weighted by Gasteiger charge is -2.59. The molecule has 1 aromatic carbocycles. The molecule has 3 aliphatic rings. The summed E-state index contributed by atoms with van der Waals surface area (Å²) < 4.78 is 43.8. The number of carbonyl (C=O) groups excluding carboxylic acids is 1. The standard InChI is InChI=1S/C25H26F3N5O2S/c26-25(27,28)12-19-9-20-21(29-15-30-22(20)36-19)33-13-24(14-33)10-18(11-24)31-17-3-1-16(2-4-17)23(34)32-5-7-35-8-6-32/h1-4,9,15,18,31H,5-8,10-14H2. The number of carbonyl (C=O) groups is 1. The summed E-state index contributed by atoms with van der Waals surface area (Å²) >= 11 is 1.09. The van der Waals surface area contributed by atoms with E-state index < -0.39 is 12.6 Å². The lowest BCUT2D eigenvalue weighted by atomic mass is 9.60. The number of ether oxygens (including phenoxy) is 1. The Morgan fingerprint density at radius 3 is 2.56 bits per heavy atom. The number of hydrogen-bond donors (Lipinski definition) is 1. The Morgan fingerprint density at radius 1 is 1.14 bits per heavy atom. The summed E-state index contributed by atoms with van der Waals surface area (Å²) in [5.41, 5.74) is 1.90. The summed E-state index contributed by atoms with van der Waals surface area (Å²) in [6.07, 6.45) is -1.69. The molecule has 1 spiro atoms. The predicted octanol–water partition coefficient (Wildman–Crippen LogP) is 4.35. The van der Waals surface area contributed by atoms with Crippen LogP contribution in [-0.4, -0.2) is 72.4 Å². The second kappa shape index (κ2) is 8.88. The van der Waals surface area contributed by atoms with Gasteiger partial charge in [0, 0.05) is 53.8 Å². The number of hydrogen-bond acceptors (Lipinski definition) is 7. The van der Waals surface area contributed by atoms with Crippen LogP contribution in [-0.2, 0) is 11.2 Å². The SMILES string of the molecule is O=C(c1ccc(NC2CC3(C2)CN(c2ncnc4sc(CC(F)(F)F)cc24)C3)cc1)N1CCOCC1. The highest BCUT2D eigenvalue weighted by Crippen LogP contribution is 2.51. The zero-order valence-corrected chi connectivity index (χ0v) is 20.4. The zero-order valence-electron chi connectivity index (χ0n) is 19.6. The van der Waals surface area contributed by atoms with Crippen LogP contribution < -0.4 is 10.2 Å². The number of morpholine rings is 1. The van der Waals surface area contributed by atoms with Gasteiger partial charge >= 0.3 is 6.18 Å².